The molecule has 120 heavy (non-hydrogen) atoms. The number of carbonyl (C=O) groups excluding carboxylic acids is 15. The second kappa shape index (κ2) is 47.2. The Morgan fingerprint density at radius 2 is 1.16 bits per heavy atom. The molecule has 4 heterocycles. The van der Waals surface area contributed by atoms with Gasteiger partial charge in [0.1, 0.15) is 98.3 Å². The fraction of sp³-hybridized carbons (Fsp3) is 0.750. The van der Waals surface area contributed by atoms with Gasteiger partial charge < -0.3 is 146 Å². The molecule has 3 aliphatic carbocycles. The fourth-order valence-electron chi connectivity index (χ4n) is 16.4. The standard InChI is InChI=1S/C76H121BrN16O27/c1-35(17-18-38-11-6-4-7-12-38)23-51(98)44-27-56(102)82-49(31-94)69(112)87-48-30-92-29-42(93(34-92)75-63(106)62(105)60(103)53(33-96)120-75)25-46(66(109)90-58(37(3)97)73(116)88-50(32-95)70(113)85-45(65(108)84-44)24-39-13-8-5-9-14-39)81-55(101)16-10-15-43(76(118)119)83-71(114)52(99)28-80-72(115)57(36(2)40-19-21-41(77)22-20-40)89-74(117)59(61(104)64(79)107)91-67(110)47(26-54(78)100)86-68(48)111/h17-18,23,36-53,57-63,75,94-99,103-106H,4-16,19-22,24-34H2,1-3H3,(H2,78,100)(H2,79,107)(H,80,115)(H,81,101)(H,82,102)(H,83,114)(H,84,108)(H,85,113)(H,86,111)(H,87,112)(H,88,116)(H,89,117)(H,90,109)(H,91,110)(H,118,119). The number of nitrogens with zero attached hydrogens (tertiary/aromatic N) is 1. The quantitative estimate of drug-likeness (QED) is 0.0448. The van der Waals surface area contributed by atoms with Crippen LogP contribution in [0.3, 0.4) is 0 Å². The number of hydrogen-bond acceptors (Lipinski definition) is 28. The molecule has 7 fully saturated rings. The van der Waals surface area contributed by atoms with Crippen molar-refractivity contribution in [3.8, 4) is 0 Å². The molecule has 0 aromatic rings. The number of aliphatic hydroxyl groups excluding tert-OH is 10. The average Bonchev–Trinajstić information content (AvgIpc) is 1.61. The molecule has 4 bridgehead atoms. The first-order chi connectivity index (χ1) is 56.8. The number of carboxylic acid groups (broad SMARTS) is 1. The van der Waals surface area contributed by atoms with Gasteiger partial charge in [-0.3, -0.25) is 67.1 Å². The third-order valence-corrected chi connectivity index (χ3v) is 24.3. The van der Waals surface area contributed by atoms with Gasteiger partial charge in [-0.1, -0.05) is 98.0 Å². The van der Waals surface area contributed by atoms with Gasteiger partial charge in [0.05, 0.1) is 75.6 Å². The number of fused-ring (bicyclic) bond motifs is 2. The maximum atomic E-state index is 15.5. The number of hydrogen-bond donors (Lipinski definition) is 25. The van der Waals surface area contributed by atoms with Gasteiger partial charge >= 0.3 is 0 Å². The highest BCUT2D eigenvalue weighted by Crippen LogP contribution is 2.36. The number of quaternary nitrogens is 1. The summed E-state index contributed by atoms with van der Waals surface area (Å²) in [6.45, 7) is -2.21. The number of alkyl halides is 1. The van der Waals surface area contributed by atoms with E-state index in [4.69, 9.17) is 16.2 Å². The molecule has 23 unspecified atom stereocenters. The van der Waals surface area contributed by atoms with Crippen molar-refractivity contribution in [3.05, 3.63) is 23.8 Å². The van der Waals surface area contributed by atoms with E-state index in [0.717, 1.165) is 58.3 Å². The lowest BCUT2D eigenvalue weighted by Crippen LogP contribution is -3.12. The summed E-state index contributed by atoms with van der Waals surface area (Å²) >= 11 is 3.57. The Morgan fingerprint density at radius 1 is 0.583 bits per heavy atom. The Balaban J connectivity index is 1.41. The van der Waals surface area contributed by atoms with E-state index >= 15 is 14.4 Å². The summed E-state index contributed by atoms with van der Waals surface area (Å²) < 4.78 is 6.02. The molecule has 674 valence electrons. The highest BCUT2D eigenvalue weighted by molar-refractivity contribution is 9.09. The first-order valence-electron chi connectivity index (χ1n) is 41.0. The number of carbonyl (C=O) groups is 15. The van der Waals surface area contributed by atoms with Crippen LogP contribution in [0.2, 0.25) is 0 Å². The van der Waals surface area contributed by atoms with Crippen LogP contribution in [0.15, 0.2) is 23.8 Å². The van der Waals surface area contributed by atoms with Crippen molar-refractivity contribution >= 4 is 105 Å². The van der Waals surface area contributed by atoms with Crippen molar-refractivity contribution in [2.75, 3.05) is 46.1 Å². The number of ether oxygens (including phenoxy) is 1. The minimum atomic E-state index is -2.71. The molecule has 0 aromatic carbocycles. The number of β-amino-alcohol motifs (C(OH)–C–C–N with tert-alkyl or cyclic N) is 1. The number of rotatable bonds is 18. The van der Waals surface area contributed by atoms with Crippen LogP contribution in [0.5, 0.6) is 0 Å². The molecule has 7 aliphatic rings. The summed E-state index contributed by atoms with van der Waals surface area (Å²) in [5, 5.41) is 153. The van der Waals surface area contributed by atoms with Crippen molar-refractivity contribution in [1.29, 1.82) is 0 Å². The lowest BCUT2D eigenvalue weighted by atomic mass is 9.77. The largest absolute Gasteiger partial charge is 0.548 e. The van der Waals surface area contributed by atoms with Gasteiger partial charge in [-0.2, -0.15) is 0 Å². The highest BCUT2D eigenvalue weighted by atomic mass is 79.9. The smallest absolute Gasteiger partial charge is 0.251 e. The maximum Gasteiger partial charge on any atom is 0.251 e. The van der Waals surface area contributed by atoms with E-state index < -0.39 is 307 Å². The van der Waals surface area contributed by atoms with Crippen LogP contribution in [0.25, 0.3) is 0 Å². The Morgan fingerprint density at radius 3 is 1.77 bits per heavy atom. The molecule has 3 saturated carbocycles. The second-order valence-corrected chi connectivity index (χ2v) is 33.9. The van der Waals surface area contributed by atoms with Crippen LogP contribution in [0, 0.1) is 23.7 Å². The predicted molar refractivity (Wildman–Crippen MR) is 419 cm³/mol. The van der Waals surface area contributed by atoms with Gasteiger partial charge in [0, 0.05) is 17.7 Å². The van der Waals surface area contributed by atoms with E-state index in [1.807, 2.05) is 6.08 Å². The fourth-order valence-corrected chi connectivity index (χ4v) is 16.9. The number of carboxylic acids is 1. The number of amides is 14. The van der Waals surface area contributed by atoms with Crippen molar-refractivity contribution in [2.24, 2.45) is 35.1 Å². The van der Waals surface area contributed by atoms with Gasteiger partial charge in [0.15, 0.2) is 12.1 Å². The highest BCUT2D eigenvalue weighted by Gasteiger charge is 2.53. The van der Waals surface area contributed by atoms with Crippen LogP contribution < -0.4 is 85.3 Å². The zero-order chi connectivity index (χ0) is 88.5. The second-order valence-electron chi connectivity index (χ2n) is 32.6. The topological polar surface area (TPSA) is 695 Å². The van der Waals surface area contributed by atoms with Crippen molar-refractivity contribution in [2.45, 2.75) is 288 Å². The molecule has 27 N–H and O–H groups in total. The molecule has 7 rings (SSSR count). The van der Waals surface area contributed by atoms with Crippen LogP contribution in [0.1, 0.15) is 156 Å². The Hall–Kier alpha value is -8.51. The molecule has 43 nitrogen and oxygen atoms in total. The summed E-state index contributed by atoms with van der Waals surface area (Å²) in [5.41, 5.74) is 11.7. The minimum Gasteiger partial charge on any atom is -0.548 e. The summed E-state index contributed by atoms with van der Waals surface area (Å²) in [6, 6.07) is -23.7. The van der Waals surface area contributed by atoms with Gasteiger partial charge in [-0.05, 0) is 102 Å². The Kier molecular flexibility index (Phi) is 38.8. The van der Waals surface area contributed by atoms with Gasteiger partial charge in [0.2, 0.25) is 76.8 Å². The number of primary amides is 2. The van der Waals surface area contributed by atoms with E-state index in [1.165, 1.54) is 17.9 Å². The summed E-state index contributed by atoms with van der Waals surface area (Å²) in [7, 11) is 0. The van der Waals surface area contributed by atoms with Gasteiger partial charge in [0.25, 0.3) is 5.91 Å². The maximum absolute atomic E-state index is 15.5. The minimum absolute atomic E-state index is 0.0257. The number of halogens is 1. The molecule has 0 radical (unpaired) electrons. The number of nitrogens with one attached hydrogen (secondary N) is 13. The Bertz CT molecular complexity index is 3640. The first-order valence-corrected chi connectivity index (χ1v) is 42.0. The molecular weight excluding hydrogens is 1650 g/mol. The zero-order valence-electron chi connectivity index (χ0n) is 67.4. The Labute approximate surface area is 701 Å². The van der Waals surface area contributed by atoms with Crippen LogP contribution in [0.4, 0.5) is 0 Å². The van der Waals surface area contributed by atoms with Crippen molar-refractivity contribution < 1.29 is 138 Å². The third kappa shape index (κ3) is 28.8. The first kappa shape index (κ1) is 98.6. The lowest BCUT2D eigenvalue weighted by Gasteiger charge is -2.44. The molecule has 0 spiro atoms. The molecule has 23 atom stereocenters. The van der Waals surface area contributed by atoms with Gasteiger partial charge in [-0.25, -0.2) is 4.90 Å². The molecule has 44 heteroatoms. The van der Waals surface area contributed by atoms with Crippen LogP contribution >= 0.6 is 15.9 Å². The molecule has 4 saturated heterocycles. The summed E-state index contributed by atoms with van der Waals surface area (Å²) in [5.74, 6) is -22.0. The molecule has 0 aromatic heterocycles. The number of allylic oxidation sites excluding steroid dienone is 3. The molecule has 14 amide bonds. The predicted octanol–water partition coefficient (Wildman–Crippen LogP) is -12.1. The van der Waals surface area contributed by atoms with Crippen LogP contribution in [-0.4, -0.2) is 323 Å². The zero-order valence-corrected chi connectivity index (χ0v) is 69.0. The summed E-state index contributed by atoms with van der Waals surface area (Å²) in [4.78, 5) is 217. The molecule has 4 aliphatic heterocycles. The van der Waals surface area contributed by atoms with Crippen molar-refractivity contribution in [1.82, 2.24) is 68.7 Å². The van der Waals surface area contributed by atoms with E-state index in [9.17, 15) is 114 Å². The van der Waals surface area contributed by atoms with E-state index in [0.29, 0.717) is 44.1 Å². The molecular formula is C76H121BrN16O27. The summed E-state index contributed by atoms with van der Waals surface area (Å²) in [6.07, 6.45) is -8.02. The normalized spacial score (nSPS) is 34.4. The van der Waals surface area contributed by atoms with Crippen molar-refractivity contribution in [3.63, 3.8) is 0 Å². The van der Waals surface area contributed by atoms with E-state index in [-0.39, 0.29) is 33.9 Å². The van der Waals surface area contributed by atoms with E-state index in [2.05, 4.69) is 79.7 Å². The number of aliphatic hydroxyl groups is 10. The third-order valence-electron chi connectivity index (χ3n) is 23.4. The number of nitrogens with two attached hydrogens (primary N) is 2. The average molecular weight is 1770 g/mol. The van der Waals surface area contributed by atoms with E-state index in [1.54, 1.807) is 13.0 Å². The van der Waals surface area contributed by atoms with Crippen LogP contribution in [-0.2, 0) is 76.7 Å². The SMILES string of the molecule is CC(C=CC1CCCCC1)=CC(O)C1CC(=O)NC(CO)C(=O)NC2C[NH+]3CC(CC(NC(=O)CCCC(C(=O)[O-])NC(=O)C(O)CNC(=O)C(C(C)C4CCC(Br)CC4)NC(=O)C(C(O)C(N)=O)NC(=O)C(CC(N)=O)NC2=O)C(=O)NC(C(C)O)C(=O)NC(CO)C(=O)NC(CC2CCCCC2)C(=O)N1)N(C1OC(CO)C(O)C(O)C1O)C3. The number of aliphatic carboxylic acids is 1. The monoisotopic (exact) mass is 1770 g/mol. The van der Waals surface area contributed by atoms with Gasteiger partial charge in [-0.15, -0.1) is 0 Å². The lowest BCUT2D eigenvalue weighted by molar-refractivity contribution is -0.893.